The van der Waals surface area contributed by atoms with Gasteiger partial charge in [0.15, 0.2) is 9.84 Å². The van der Waals surface area contributed by atoms with E-state index in [0.29, 0.717) is 23.5 Å². The summed E-state index contributed by atoms with van der Waals surface area (Å²) in [5.41, 5.74) is 8.33. The molecular formula is C14H18BrN3O2S. The first kappa shape index (κ1) is 16.0. The molecule has 114 valence electrons. The lowest BCUT2D eigenvalue weighted by molar-refractivity contribution is 0.585. The van der Waals surface area contributed by atoms with Gasteiger partial charge in [-0.2, -0.15) is 5.10 Å². The molecule has 0 aliphatic rings. The molecule has 0 atom stereocenters. The highest BCUT2D eigenvalue weighted by atomic mass is 79.9. The number of hydrogen-bond donors (Lipinski definition) is 1. The summed E-state index contributed by atoms with van der Waals surface area (Å²) >= 11 is 3.43. The fraction of sp³-hybridized carbons (Fsp3) is 0.357. The highest BCUT2D eigenvalue weighted by Gasteiger charge is 2.23. The van der Waals surface area contributed by atoms with Crippen LogP contribution in [0.5, 0.6) is 0 Å². The molecule has 1 aromatic carbocycles. The Morgan fingerprint density at radius 2 is 2.00 bits per heavy atom. The number of nitrogens with zero attached hydrogens (tertiary/aromatic N) is 2. The molecule has 2 N–H and O–H groups in total. The monoisotopic (exact) mass is 371 g/mol. The molecule has 2 rings (SSSR count). The molecule has 2 aromatic rings. The van der Waals surface area contributed by atoms with E-state index in [4.69, 9.17) is 5.73 Å². The molecular weight excluding hydrogens is 354 g/mol. The highest BCUT2D eigenvalue weighted by molar-refractivity contribution is 9.10. The summed E-state index contributed by atoms with van der Waals surface area (Å²) in [5, 5.41) is 4.33. The fourth-order valence-corrected chi connectivity index (χ4v) is 4.52. The molecule has 0 bridgehead atoms. The van der Waals surface area contributed by atoms with Gasteiger partial charge < -0.3 is 5.73 Å². The van der Waals surface area contributed by atoms with Crippen LogP contribution in [-0.2, 0) is 22.1 Å². The van der Waals surface area contributed by atoms with Crippen LogP contribution in [-0.4, -0.2) is 18.2 Å². The van der Waals surface area contributed by atoms with Crippen molar-refractivity contribution in [2.45, 2.75) is 38.0 Å². The van der Waals surface area contributed by atoms with Gasteiger partial charge in [0.1, 0.15) is 0 Å². The van der Waals surface area contributed by atoms with Crippen LogP contribution in [0, 0.1) is 13.8 Å². The summed E-state index contributed by atoms with van der Waals surface area (Å²) in [5.74, 6) is -0.105. The average molecular weight is 372 g/mol. The molecule has 0 spiro atoms. The second kappa shape index (κ2) is 5.81. The zero-order chi connectivity index (χ0) is 15.8. The van der Waals surface area contributed by atoms with Crippen molar-refractivity contribution in [1.82, 2.24) is 9.78 Å². The van der Waals surface area contributed by atoms with Gasteiger partial charge in [-0.15, -0.1) is 0 Å². The Labute approximate surface area is 133 Å². The molecule has 1 heterocycles. The van der Waals surface area contributed by atoms with Gasteiger partial charge in [0.25, 0.3) is 0 Å². The quantitative estimate of drug-likeness (QED) is 0.838. The Balaban J connectivity index is 2.50. The van der Waals surface area contributed by atoms with E-state index in [0.717, 1.165) is 10.2 Å². The summed E-state index contributed by atoms with van der Waals surface area (Å²) in [7, 11) is -3.48. The Kier molecular flexibility index (Phi) is 4.43. The third-order valence-corrected chi connectivity index (χ3v) is 6.24. The van der Waals surface area contributed by atoms with E-state index in [-0.39, 0.29) is 10.6 Å². The Morgan fingerprint density at radius 3 is 2.62 bits per heavy atom. The molecule has 0 aliphatic heterocycles. The van der Waals surface area contributed by atoms with E-state index in [2.05, 4.69) is 21.0 Å². The zero-order valence-electron chi connectivity index (χ0n) is 12.2. The standard InChI is InChI=1S/C14H18BrN3O2S/c1-4-18-12(14(15)10(3)17-18)8-21(19,20)13-7-5-6-11(16)9(13)2/h5-7H,4,8,16H2,1-3H3. The molecule has 0 aliphatic carbocycles. The number of halogens is 1. The first-order chi connectivity index (χ1) is 9.77. The van der Waals surface area contributed by atoms with Gasteiger partial charge in [0, 0.05) is 12.2 Å². The van der Waals surface area contributed by atoms with Crippen molar-refractivity contribution in [3.63, 3.8) is 0 Å². The predicted octanol–water partition coefficient (Wildman–Crippen LogP) is 2.84. The summed E-state index contributed by atoms with van der Waals surface area (Å²) < 4.78 is 27.8. The molecule has 21 heavy (non-hydrogen) atoms. The summed E-state index contributed by atoms with van der Waals surface area (Å²) in [6.07, 6.45) is 0. The SMILES string of the molecule is CCn1nc(C)c(Br)c1CS(=O)(=O)c1cccc(N)c1C. The van der Waals surface area contributed by atoms with Crippen LogP contribution in [0.25, 0.3) is 0 Å². The van der Waals surface area contributed by atoms with Gasteiger partial charge in [0.2, 0.25) is 0 Å². The van der Waals surface area contributed by atoms with E-state index in [9.17, 15) is 8.42 Å². The number of nitrogen functional groups attached to an aromatic ring is 1. The maximum Gasteiger partial charge on any atom is 0.184 e. The third kappa shape index (κ3) is 2.98. The van der Waals surface area contributed by atoms with Crippen LogP contribution < -0.4 is 5.73 Å². The molecule has 0 saturated heterocycles. The summed E-state index contributed by atoms with van der Waals surface area (Å²) in [6.45, 7) is 6.12. The lowest BCUT2D eigenvalue weighted by atomic mass is 10.2. The molecule has 0 radical (unpaired) electrons. The van der Waals surface area contributed by atoms with Crippen LogP contribution in [0.1, 0.15) is 23.9 Å². The van der Waals surface area contributed by atoms with Crippen molar-refractivity contribution in [2.24, 2.45) is 0 Å². The highest BCUT2D eigenvalue weighted by Crippen LogP contribution is 2.28. The molecule has 0 fully saturated rings. The number of nitrogens with two attached hydrogens (primary N) is 1. The minimum Gasteiger partial charge on any atom is -0.398 e. The number of sulfone groups is 1. The minimum atomic E-state index is -3.48. The first-order valence-corrected chi connectivity index (χ1v) is 9.02. The molecule has 7 heteroatoms. The number of aromatic nitrogens is 2. The van der Waals surface area contributed by atoms with Crippen molar-refractivity contribution < 1.29 is 8.42 Å². The van der Waals surface area contributed by atoms with Crippen molar-refractivity contribution in [2.75, 3.05) is 5.73 Å². The summed E-state index contributed by atoms with van der Waals surface area (Å²) in [4.78, 5) is 0.274. The van der Waals surface area contributed by atoms with Crippen LogP contribution in [0.4, 0.5) is 5.69 Å². The second-order valence-electron chi connectivity index (χ2n) is 4.89. The average Bonchev–Trinajstić information content (AvgIpc) is 2.69. The lowest BCUT2D eigenvalue weighted by Crippen LogP contribution is -2.12. The van der Waals surface area contributed by atoms with Gasteiger partial charge in [-0.05, 0) is 54.4 Å². The van der Waals surface area contributed by atoms with Crippen molar-refractivity contribution in [1.29, 1.82) is 0 Å². The predicted molar refractivity (Wildman–Crippen MR) is 86.8 cm³/mol. The largest absolute Gasteiger partial charge is 0.398 e. The molecule has 5 nitrogen and oxygen atoms in total. The van der Waals surface area contributed by atoms with E-state index >= 15 is 0 Å². The van der Waals surface area contributed by atoms with Gasteiger partial charge in [-0.1, -0.05) is 6.07 Å². The molecule has 0 saturated carbocycles. The zero-order valence-corrected chi connectivity index (χ0v) is 14.6. The molecule has 1 aromatic heterocycles. The van der Waals surface area contributed by atoms with Gasteiger partial charge in [-0.25, -0.2) is 8.42 Å². The number of rotatable bonds is 4. The number of hydrogen-bond acceptors (Lipinski definition) is 4. The summed E-state index contributed by atoms with van der Waals surface area (Å²) in [6, 6.07) is 4.95. The minimum absolute atomic E-state index is 0.105. The molecule has 0 amide bonds. The number of aryl methyl sites for hydroxylation is 2. The number of anilines is 1. The van der Waals surface area contributed by atoms with Gasteiger partial charge in [0.05, 0.1) is 26.5 Å². The maximum atomic E-state index is 12.7. The third-order valence-electron chi connectivity index (χ3n) is 3.44. The van der Waals surface area contributed by atoms with Crippen LogP contribution in [0.2, 0.25) is 0 Å². The normalized spacial score (nSPS) is 11.8. The van der Waals surface area contributed by atoms with Crippen molar-refractivity contribution >= 4 is 31.5 Å². The van der Waals surface area contributed by atoms with E-state index in [1.54, 1.807) is 29.8 Å². The van der Waals surface area contributed by atoms with Gasteiger partial charge in [-0.3, -0.25) is 4.68 Å². The Bertz CT molecular complexity index is 782. The fourth-order valence-electron chi connectivity index (χ4n) is 2.23. The smallest absolute Gasteiger partial charge is 0.184 e. The maximum absolute atomic E-state index is 12.7. The van der Waals surface area contributed by atoms with Crippen molar-refractivity contribution in [3.8, 4) is 0 Å². The second-order valence-corrected chi connectivity index (χ2v) is 7.64. The van der Waals surface area contributed by atoms with Crippen LogP contribution >= 0.6 is 15.9 Å². The van der Waals surface area contributed by atoms with E-state index < -0.39 is 9.84 Å². The van der Waals surface area contributed by atoms with Crippen LogP contribution in [0.3, 0.4) is 0 Å². The number of benzene rings is 1. The topological polar surface area (TPSA) is 78.0 Å². The lowest BCUT2D eigenvalue weighted by Gasteiger charge is -2.11. The van der Waals surface area contributed by atoms with E-state index in [1.807, 2.05) is 13.8 Å². The first-order valence-electron chi connectivity index (χ1n) is 6.57. The van der Waals surface area contributed by atoms with E-state index in [1.165, 1.54) is 0 Å². The van der Waals surface area contributed by atoms with Gasteiger partial charge >= 0.3 is 0 Å². The van der Waals surface area contributed by atoms with Crippen molar-refractivity contribution in [3.05, 3.63) is 39.6 Å². The van der Waals surface area contributed by atoms with Crippen LogP contribution in [0.15, 0.2) is 27.6 Å². The molecule has 0 unspecified atom stereocenters. The Hall–Kier alpha value is -1.34. The Morgan fingerprint density at radius 1 is 1.33 bits per heavy atom.